The van der Waals surface area contributed by atoms with E-state index in [9.17, 15) is 4.79 Å². The molecule has 0 bridgehead atoms. The first-order valence-electron chi connectivity index (χ1n) is 5.94. The Labute approximate surface area is 87.5 Å². The summed E-state index contributed by atoms with van der Waals surface area (Å²) in [4.78, 5) is 11.5. The van der Waals surface area contributed by atoms with Gasteiger partial charge in [-0.05, 0) is 31.2 Å². The second kappa shape index (κ2) is 6.18. The molecule has 0 amide bonds. The van der Waals surface area contributed by atoms with E-state index < -0.39 is 0 Å². The predicted molar refractivity (Wildman–Crippen MR) is 59.3 cm³/mol. The summed E-state index contributed by atoms with van der Waals surface area (Å²) in [5.74, 6) is 1.82. The molecule has 2 nitrogen and oxygen atoms in total. The number of carbonyl (C=O) groups is 1. The van der Waals surface area contributed by atoms with Crippen LogP contribution in [0.15, 0.2) is 0 Å². The molecule has 0 spiro atoms. The quantitative estimate of drug-likeness (QED) is 0.647. The number of nitrogens with one attached hydrogen (secondary N) is 1. The lowest BCUT2D eigenvalue weighted by molar-refractivity contribution is -0.119. The molecule has 0 aliphatic heterocycles. The monoisotopic (exact) mass is 197 g/mol. The van der Waals surface area contributed by atoms with Crippen molar-refractivity contribution in [1.29, 1.82) is 0 Å². The van der Waals surface area contributed by atoms with E-state index in [0.29, 0.717) is 18.2 Å². The fourth-order valence-electron chi connectivity index (χ4n) is 1.79. The van der Waals surface area contributed by atoms with Crippen molar-refractivity contribution in [2.24, 2.45) is 11.8 Å². The second-order valence-corrected chi connectivity index (χ2v) is 4.71. The Kier molecular flexibility index (Phi) is 5.16. The molecule has 0 aromatic rings. The average molecular weight is 197 g/mol. The minimum Gasteiger partial charge on any atom is -0.310 e. The van der Waals surface area contributed by atoms with Crippen LogP contribution in [0, 0.1) is 11.8 Å². The molecule has 1 rings (SSSR count). The van der Waals surface area contributed by atoms with Crippen molar-refractivity contribution in [2.45, 2.75) is 46.0 Å². The molecule has 0 heterocycles. The Balaban J connectivity index is 1.96. The van der Waals surface area contributed by atoms with Crippen LogP contribution >= 0.6 is 0 Å². The van der Waals surface area contributed by atoms with Gasteiger partial charge in [-0.1, -0.05) is 26.7 Å². The summed E-state index contributed by atoms with van der Waals surface area (Å²) < 4.78 is 0. The highest BCUT2D eigenvalue weighted by molar-refractivity contribution is 5.80. The highest BCUT2D eigenvalue weighted by Gasteiger charge is 2.20. The largest absolute Gasteiger partial charge is 0.310 e. The Morgan fingerprint density at radius 1 is 1.50 bits per heavy atom. The zero-order valence-corrected chi connectivity index (χ0v) is 9.51. The first-order valence-corrected chi connectivity index (χ1v) is 5.94. The summed E-state index contributed by atoms with van der Waals surface area (Å²) in [6.45, 7) is 5.98. The molecule has 1 saturated carbocycles. The molecular weight excluding hydrogens is 174 g/mol. The van der Waals surface area contributed by atoms with Crippen molar-refractivity contribution < 1.29 is 4.79 Å². The standard InChI is InChI=1S/C12H23NO/c1-3-4-10(2)7-12(14)9-13-8-11-5-6-11/h10-11,13H,3-9H2,1-2H3. The molecule has 1 fully saturated rings. The van der Waals surface area contributed by atoms with Gasteiger partial charge in [0.1, 0.15) is 5.78 Å². The van der Waals surface area contributed by atoms with E-state index in [1.807, 2.05) is 0 Å². The number of Topliss-reactive ketones (excluding diaryl/α,β-unsaturated/α-hetero) is 1. The van der Waals surface area contributed by atoms with E-state index in [4.69, 9.17) is 0 Å². The lowest BCUT2D eigenvalue weighted by Crippen LogP contribution is -2.25. The van der Waals surface area contributed by atoms with Crippen LogP contribution in [0.4, 0.5) is 0 Å². The van der Waals surface area contributed by atoms with E-state index in [2.05, 4.69) is 19.2 Å². The van der Waals surface area contributed by atoms with Gasteiger partial charge in [-0.3, -0.25) is 4.79 Å². The van der Waals surface area contributed by atoms with Crippen LogP contribution in [-0.2, 0) is 4.79 Å². The zero-order valence-electron chi connectivity index (χ0n) is 9.51. The van der Waals surface area contributed by atoms with Gasteiger partial charge in [-0.2, -0.15) is 0 Å². The molecule has 0 aromatic heterocycles. The first-order chi connectivity index (χ1) is 6.72. The molecule has 2 heteroatoms. The topological polar surface area (TPSA) is 29.1 Å². The average Bonchev–Trinajstić information content (AvgIpc) is 2.88. The van der Waals surface area contributed by atoms with Crippen molar-refractivity contribution in [3.05, 3.63) is 0 Å². The molecule has 1 N–H and O–H groups in total. The number of hydrogen-bond acceptors (Lipinski definition) is 2. The van der Waals surface area contributed by atoms with Gasteiger partial charge in [0.15, 0.2) is 0 Å². The minimum atomic E-state index is 0.381. The minimum absolute atomic E-state index is 0.381. The lowest BCUT2D eigenvalue weighted by atomic mass is 10.00. The molecule has 0 radical (unpaired) electrons. The fraction of sp³-hybridized carbons (Fsp3) is 0.917. The lowest BCUT2D eigenvalue weighted by Gasteiger charge is -2.09. The number of hydrogen-bond donors (Lipinski definition) is 1. The van der Waals surface area contributed by atoms with Crippen molar-refractivity contribution in [1.82, 2.24) is 5.32 Å². The summed E-state index contributed by atoms with van der Waals surface area (Å²) in [6.07, 6.45) is 5.82. The number of carbonyl (C=O) groups excluding carboxylic acids is 1. The Bertz CT molecular complexity index is 175. The van der Waals surface area contributed by atoms with Crippen LogP contribution in [0.2, 0.25) is 0 Å². The molecule has 1 aliphatic carbocycles. The SMILES string of the molecule is CCCC(C)CC(=O)CNCC1CC1. The molecule has 0 aromatic carbocycles. The third-order valence-electron chi connectivity index (χ3n) is 2.81. The zero-order chi connectivity index (χ0) is 10.4. The van der Waals surface area contributed by atoms with Crippen LogP contribution < -0.4 is 5.32 Å². The molecular formula is C12H23NO. The summed E-state index contributed by atoms with van der Waals surface area (Å²) >= 11 is 0. The highest BCUT2D eigenvalue weighted by atomic mass is 16.1. The Hall–Kier alpha value is -0.370. The van der Waals surface area contributed by atoms with Crippen LogP contribution in [0.5, 0.6) is 0 Å². The van der Waals surface area contributed by atoms with Gasteiger partial charge in [0, 0.05) is 6.42 Å². The molecule has 1 atom stereocenters. The van der Waals surface area contributed by atoms with Gasteiger partial charge in [0.05, 0.1) is 6.54 Å². The van der Waals surface area contributed by atoms with Gasteiger partial charge in [-0.15, -0.1) is 0 Å². The third-order valence-corrected chi connectivity index (χ3v) is 2.81. The number of ketones is 1. The summed E-state index contributed by atoms with van der Waals surface area (Å²) in [6, 6.07) is 0. The molecule has 1 aliphatic rings. The molecule has 1 unspecified atom stereocenters. The van der Waals surface area contributed by atoms with Gasteiger partial charge in [0.25, 0.3) is 0 Å². The van der Waals surface area contributed by atoms with Crippen molar-refractivity contribution in [3.63, 3.8) is 0 Å². The normalized spacial score (nSPS) is 18.1. The maximum Gasteiger partial charge on any atom is 0.146 e. The Morgan fingerprint density at radius 3 is 2.79 bits per heavy atom. The molecule has 14 heavy (non-hydrogen) atoms. The first kappa shape index (κ1) is 11.7. The number of rotatable bonds is 8. The summed E-state index contributed by atoms with van der Waals surface area (Å²) in [5, 5.41) is 3.25. The summed E-state index contributed by atoms with van der Waals surface area (Å²) in [7, 11) is 0. The molecule has 82 valence electrons. The van der Waals surface area contributed by atoms with E-state index in [-0.39, 0.29) is 0 Å². The van der Waals surface area contributed by atoms with Gasteiger partial charge < -0.3 is 5.32 Å². The van der Waals surface area contributed by atoms with Crippen LogP contribution in [0.3, 0.4) is 0 Å². The second-order valence-electron chi connectivity index (χ2n) is 4.71. The summed E-state index contributed by atoms with van der Waals surface area (Å²) in [5.41, 5.74) is 0. The highest BCUT2D eigenvalue weighted by Crippen LogP contribution is 2.27. The predicted octanol–water partition coefficient (Wildman–Crippen LogP) is 2.38. The van der Waals surface area contributed by atoms with Crippen molar-refractivity contribution >= 4 is 5.78 Å². The maximum atomic E-state index is 11.5. The van der Waals surface area contributed by atoms with E-state index in [1.165, 1.54) is 25.7 Å². The smallest absolute Gasteiger partial charge is 0.146 e. The van der Waals surface area contributed by atoms with Crippen molar-refractivity contribution in [3.8, 4) is 0 Å². The van der Waals surface area contributed by atoms with E-state index >= 15 is 0 Å². The van der Waals surface area contributed by atoms with Crippen LogP contribution in [0.1, 0.15) is 46.0 Å². The van der Waals surface area contributed by atoms with E-state index in [1.54, 1.807) is 0 Å². The molecule has 0 saturated heterocycles. The Morgan fingerprint density at radius 2 is 2.21 bits per heavy atom. The third kappa shape index (κ3) is 5.38. The van der Waals surface area contributed by atoms with Crippen LogP contribution in [0.25, 0.3) is 0 Å². The van der Waals surface area contributed by atoms with Gasteiger partial charge in [-0.25, -0.2) is 0 Å². The van der Waals surface area contributed by atoms with Gasteiger partial charge in [0.2, 0.25) is 0 Å². The fourth-order valence-corrected chi connectivity index (χ4v) is 1.79. The van der Waals surface area contributed by atoms with Crippen molar-refractivity contribution in [2.75, 3.05) is 13.1 Å². The van der Waals surface area contributed by atoms with E-state index in [0.717, 1.165) is 18.9 Å². The van der Waals surface area contributed by atoms with Gasteiger partial charge >= 0.3 is 0 Å². The van der Waals surface area contributed by atoms with Crippen LogP contribution in [-0.4, -0.2) is 18.9 Å². The maximum absolute atomic E-state index is 11.5.